The van der Waals surface area contributed by atoms with Gasteiger partial charge in [-0.2, -0.15) is 13.2 Å². The van der Waals surface area contributed by atoms with Crippen molar-refractivity contribution in [2.24, 2.45) is 5.92 Å². The summed E-state index contributed by atoms with van der Waals surface area (Å²) in [5.41, 5.74) is 1.22. The van der Waals surface area contributed by atoms with Crippen LogP contribution >= 0.6 is 0 Å². The van der Waals surface area contributed by atoms with Crippen LogP contribution in [0.15, 0.2) is 54.7 Å². The van der Waals surface area contributed by atoms with Crippen molar-refractivity contribution >= 4 is 35.3 Å². The van der Waals surface area contributed by atoms with E-state index in [2.05, 4.69) is 15.6 Å². The van der Waals surface area contributed by atoms with E-state index in [9.17, 15) is 36.7 Å². The highest BCUT2D eigenvalue weighted by Gasteiger charge is 2.62. The number of nitrogens with one attached hydrogen (secondary N) is 2. The van der Waals surface area contributed by atoms with Crippen molar-refractivity contribution in [3.63, 3.8) is 0 Å². The number of urea groups is 1. The first-order chi connectivity index (χ1) is 20.9. The van der Waals surface area contributed by atoms with E-state index in [1.165, 1.54) is 18.2 Å². The van der Waals surface area contributed by atoms with Gasteiger partial charge in [0.25, 0.3) is 5.91 Å². The molecule has 2 N–H and O–H groups in total. The molecule has 2 aromatic carbocycles. The van der Waals surface area contributed by atoms with Gasteiger partial charge in [-0.15, -0.1) is 0 Å². The van der Waals surface area contributed by atoms with Crippen LogP contribution in [0.2, 0.25) is 0 Å². The normalized spacial score (nSPS) is 20.7. The molecule has 2 atom stereocenters. The first-order valence-electron chi connectivity index (χ1n) is 14.0. The van der Waals surface area contributed by atoms with Crippen LogP contribution in [0.3, 0.4) is 0 Å². The molecule has 3 aromatic rings. The van der Waals surface area contributed by atoms with Crippen LogP contribution in [0, 0.1) is 18.7 Å². The number of aryl methyl sites for hydroxylation is 1. The summed E-state index contributed by atoms with van der Waals surface area (Å²) in [5.74, 6) is -2.59. The fourth-order valence-corrected chi connectivity index (χ4v) is 6.46. The Labute approximate surface area is 249 Å². The SMILES string of the molecule is Cc1cccnc1NC(=O)C1Cc2ccc(NC(=O)CN3C(=O)N(CC(F)(F)F)C(=O)C34CCc3c(F)cccc34)cc2C1. The molecule has 2 heterocycles. The predicted octanol–water partition coefficient (Wildman–Crippen LogP) is 4.49. The molecule has 0 saturated carbocycles. The lowest BCUT2D eigenvalue weighted by molar-refractivity contribution is -0.155. The summed E-state index contributed by atoms with van der Waals surface area (Å²) in [6.45, 7) is -0.721. The Morgan fingerprint density at radius 3 is 2.57 bits per heavy atom. The van der Waals surface area contributed by atoms with Gasteiger partial charge in [-0.1, -0.05) is 24.3 Å². The second-order valence-electron chi connectivity index (χ2n) is 11.3. The molecule has 5 amide bonds. The van der Waals surface area contributed by atoms with Crippen LogP contribution in [0.25, 0.3) is 0 Å². The molecule has 1 aromatic heterocycles. The van der Waals surface area contributed by atoms with Crippen LogP contribution in [-0.4, -0.2) is 57.8 Å². The van der Waals surface area contributed by atoms with E-state index in [-0.39, 0.29) is 40.7 Å². The smallest absolute Gasteiger partial charge is 0.325 e. The van der Waals surface area contributed by atoms with E-state index in [1.807, 2.05) is 13.0 Å². The number of rotatable bonds is 6. The fourth-order valence-electron chi connectivity index (χ4n) is 6.46. The summed E-state index contributed by atoms with van der Waals surface area (Å²) >= 11 is 0. The maximum Gasteiger partial charge on any atom is 0.406 e. The number of benzene rings is 2. The molecule has 1 aliphatic heterocycles. The van der Waals surface area contributed by atoms with Crippen molar-refractivity contribution in [3.05, 3.63) is 88.4 Å². The van der Waals surface area contributed by atoms with Gasteiger partial charge in [0.15, 0.2) is 5.54 Å². The minimum Gasteiger partial charge on any atom is -0.325 e. The van der Waals surface area contributed by atoms with Crippen LogP contribution in [-0.2, 0) is 39.2 Å². The summed E-state index contributed by atoms with van der Waals surface area (Å²) in [6.07, 6.45) is -2.53. The fraction of sp³-hybridized carbons (Fsp3) is 0.323. The Bertz CT molecular complexity index is 1710. The van der Waals surface area contributed by atoms with Crippen LogP contribution in [0.5, 0.6) is 0 Å². The zero-order valence-corrected chi connectivity index (χ0v) is 23.5. The van der Waals surface area contributed by atoms with E-state index in [1.54, 1.807) is 30.5 Å². The lowest BCUT2D eigenvalue weighted by Gasteiger charge is -2.32. The zero-order valence-electron chi connectivity index (χ0n) is 23.5. The van der Waals surface area contributed by atoms with Crippen LogP contribution in [0.1, 0.15) is 34.2 Å². The maximum absolute atomic E-state index is 14.6. The van der Waals surface area contributed by atoms with Gasteiger partial charge in [0.05, 0.1) is 0 Å². The van der Waals surface area contributed by atoms with Crippen molar-refractivity contribution in [1.29, 1.82) is 0 Å². The molecule has 6 rings (SSSR count). The zero-order chi connectivity index (χ0) is 31.4. The highest BCUT2D eigenvalue weighted by molar-refractivity contribution is 6.10. The molecule has 9 nitrogen and oxygen atoms in total. The van der Waals surface area contributed by atoms with Gasteiger partial charge in [0, 0.05) is 17.8 Å². The molecule has 228 valence electrons. The number of carbonyl (C=O) groups is 4. The lowest BCUT2D eigenvalue weighted by atomic mass is 9.90. The number of alkyl halides is 3. The van der Waals surface area contributed by atoms with Crippen molar-refractivity contribution in [2.45, 2.75) is 44.3 Å². The Morgan fingerprint density at radius 1 is 1.05 bits per heavy atom. The number of halogens is 4. The number of pyridine rings is 1. The molecule has 1 fully saturated rings. The lowest BCUT2D eigenvalue weighted by Crippen LogP contribution is -2.48. The molecule has 0 radical (unpaired) electrons. The number of hydrogen-bond acceptors (Lipinski definition) is 5. The third kappa shape index (κ3) is 5.05. The number of anilines is 2. The highest BCUT2D eigenvalue weighted by atomic mass is 19.4. The summed E-state index contributed by atoms with van der Waals surface area (Å²) in [7, 11) is 0. The topological polar surface area (TPSA) is 112 Å². The van der Waals surface area contributed by atoms with E-state index in [0.29, 0.717) is 24.3 Å². The number of carbonyl (C=O) groups excluding carboxylic acids is 4. The monoisotopic (exact) mass is 609 g/mol. The molecular weight excluding hydrogens is 582 g/mol. The molecule has 44 heavy (non-hydrogen) atoms. The quantitative estimate of drug-likeness (QED) is 0.316. The van der Waals surface area contributed by atoms with Gasteiger partial charge in [0.1, 0.15) is 24.7 Å². The molecular formula is C31H27F4N5O4. The van der Waals surface area contributed by atoms with Crippen molar-refractivity contribution in [2.75, 3.05) is 23.7 Å². The van der Waals surface area contributed by atoms with Gasteiger partial charge < -0.3 is 10.6 Å². The van der Waals surface area contributed by atoms with Gasteiger partial charge in [-0.25, -0.2) is 14.2 Å². The summed E-state index contributed by atoms with van der Waals surface area (Å²) < 4.78 is 54.6. The standard InChI is InChI=1S/C31H27F4N5O4/c1-17-4-3-11-36-26(17)38-27(42)20-12-18-7-8-21(14-19(18)13-20)37-25(41)15-40-29(44)39(16-31(33,34)35)28(43)30(40)10-9-22-23(30)5-2-6-24(22)32/h2-8,11,14,20H,9-10,12-13,15-16H2,1H3,(H,37,41)(H,36,38,42). The number of nitrogens with zero attached hydrogens (tertiary/aromatic N) is 3. The summed E-state index contributed by atoms with van der Waals surface area (Å²) in [5, 5.41) is 5.51. The van der Waals surface area contributed by atoms with Gasteiger partial charge in [-0.05, 0) is 84.7 Å². The largest absolute Gasteiger partial charge is 0.406 e. The number of fused-ring (bicyclic) bond motifs is 3. The number of hydrogen-bond donors (Lipinski definition) is 2. The maximum atomic E-state index is 14.6. The summed E-state index contributed by atoms with van der Waals surface area (Å²) in [4.78, 5) is 58.0. The molecule has 1 saturated heterocycles. The minimum absolute atomic E-state index is 0.0124. The first kappa shape index (κ1) is 29.3. The van der Waals surface area contributed by atoms with Crippen molar-refractivity contribution < 1.29 is 36.7 Å². The Hall–Kier alpha value is -4.81. The third-order valence-electron chi connectivity index (χ3n) is 8.51. The Balaban J connectivity index is 1.19. The molecule has 2 aliphatic carbocycles. The van der Waals surface area contributed by atoms with Crippen molar-refractivity contribution in [3.8, 4) is 0 Å². The molecule has 3 aliphatic rings. The van der Waals surface area contributed by atoms with Crippen LogP contribution < -0.4 is 10.6 Å². The van der Waals surface area contributed by atoms with E-state index in [0.717, 1.165) is 21.6 Å². The predicted molar refractivity (Wildman–Crippen MR) is 150 cm³/mol. The Morgan fingerprint density at radius 2 is 1.82 bits per heavy atom. The summed E-state index contributed by atoms with van der Waals surface area (Å²) in [6, 6.07) is 11.3. The number of aromatic nitrogens is 1. The molecule has 2 unspecified atom stereocenters. The van der Waals surface area contributed by atoms with E-state index in [4.69, 9.17) is 0 Å². The minimum atomic E-state index is -4.87. The molecule has 13 heteroatoms. The molecule has 0 bridgehead atoms. The second kappa shape index (κ2) is 10.7. The average molecular weight is 610 g/mol. The van der Waals surface area contributed by atoms with Gasteiger partial charge >= 0.3 is 12.2 Å². The molecule has 1 spiro atoms. The first-order valence-corrected chi connectivity index (χ1v) is 14.0. The number of imide groups is 1. The van der Waals surface area contributed by atoms with Gasteiger partial charge in [0.2, 0.25) is 11.8 Å². The third-order valence-corrected chi connectivity index (χ3v) is 8.51. The number of amides is 5. The highest BCUT2D eigenvalue weighted by Crippen LogP contribution is 2.48. The van der Waals surface area contributed by atoms with Gasteiger partial charge in [-0.3, -0.25) is 24.2 Å². The Kier molecular flexibility index (Phi) is 7.13. The van der Waals surface area contributed by atoms with E-state index >= 15 is 0 Å². The second-order valence-corrected chi connectivity index (χ2v) is 11.3. The van der Waals surface area contributed by atoms with E-state index < -0.39 is 48.5 Å². The van der Waals surface area contributed by atoms with Crippen LogP contribution in [0.4, 0.5) is 33.9 Å². The van der Waals surface area contributed by atoms with Crippen molar-refractivity contribution in [1.82, 2.24) is 14.8 Å². The average Bonchev–Trinajstić information content (AvgIpc) is 3.62.